The Labute approximate surface area is 186 Å². The number of rotatable bonds is 4. The van der Waals surface area contributed by atoms with E-state index in [0.29, 0.717) is 51.5 Å². The molecule has 2 aliphatic rings. The molecule has 32 heavy (non-hydrogen) atoms. The molecule has 1 aromatic heterocycles. The van der Waals surface area contributed by atoms with E-state index in [9.17, 15) is 9.59 Å². The van der Waals surface area contributed by atoms with Crippen LogP contribution in [0.15, 0.2) is 48.5 Å². The van der Waals surface area contributed by atoms with Gasteiger partial charge in [-0.2, -0.15) is 0 Å². The van der Waals surface area contributed by atoms with Gasteiger partial charge in [0.05, 0.1) is 25.3 Å². The fourth-order valence-corrected chi connectivity index (χ4v) is 4.51. The lowest BCUT2D eigenvalue weighted by Crippen LogP contribution is -2.47. The number of benzene rings is 2. The maximum absolute atomic E-state index is 13.0. The van der Waals surface area contributed by atoms with E-state index in [-0.39, 0.29) is 17.7 Å². The van der Waals surface area contributed by atoms with Crippen molar-refractivity contribution in [2.75, 3.05) is 39.4 Å². The second kappa shape index (κ2) is 9.08. The monoisotopic (exact) mass is 433 g/mol. The van der Waals surface area contributed by atoms with Crippen LogP contribution in [0.5, 0.6) is 0 Å². The normalized spacial score (nSPS) is 17.6. The molecule has 0 aliphatic carbocycles. The Balaban J connectivity index is 1.18. The fourth-order valence-electron chi connectivity index (χ4n) is 4.51. The number of hydrogen-bond acceptors (Lipinski definition) is 5. The zero-order chi connectivity index (χ0) is 21.9. The van der Waals surface area contributed by atoms with Gasteiger partial charge in [0.25, 0.3) is 5.91 Å². The Kier molecular flexibility index (Phi) is 5.85. The Morgan fingerprint density at radius 1 is 0.906 bits per heavy atom. The third kappa shape index (κ3) is 4.23. The molecule has 8 nitrogen and oxygen atoms in total. The lowest BCUT2D eigenvalue weighted by atomic mass is 9.94. The summed E-state index contributed by atoms with van der Waals surface area (Å²) in [6.45, 7) is 4.42. The molecule has 5 rings (SSSR count). The summed E-state index contributed by atoms with van der Waals surface area (Å²) in [5, 5.41) is 8.42. The van der Waals surface area contributed by atoms with Crippen LogP contribution in [0.1, 0.15) is 28.8 Å². The van der Waals surface area contributed by atoms with E-state index < -0.39 is 0 Å². The quantitative estimate of drug-likeness (QED) is 0.630. The maximum Gasteiger partial charge on any atom is 0.253 e. The van der Waals surface area contributed by atoms with Crippen LogP contribution in [0, 0.1) is 5.92 Å². The third-order valence-electron chi connectivity index (χ3n) is 6.41. The number of carbonyl (C=O) groups excluding carboxylic acids is 2. The van der Waals surface area contributed by atoms with Gasteiger partial charge in [-0.25, -0.2) is 4.68 Å². The number of fused-ring (bicyclic) bond motifs is 1. The molecule has 0 spiro atoms. The van der Waals surface area contributed by atoms with Crippen LogP contribution in [0.25, 0.3) is 11.0 Å². The highest BCUT2D eigenvalue weighted by Gasteiger charge is 2.31. The summed E-state index contributed by atoms with van der Waals surface area (Å²) in [6.07, 6.45) is 1.44. The van der Waals surface area contributed by atoms with Crippen LogP contribution in [0.4, 0.5) is 0 Å². The van der Waals surface area contributed by atoms with E-state index in [1.807, 2.05) is 63.0 Å². The summed E-state index contributed by atoms with van der Waals surface area (Å²) in [5.74, 6) is 0.252. The average Bonchev–Trinajstić information content (AvgIpc) is 3.27. The first-order valence-corrected chi connectivity index (χ1v) is 11.2. The standard InChI is InChI=1S/C24H27N5O3/c30-23(27-11-9-20(10-12-27)24(31)28-13-15-32-16-14-28)19-7-5-18(6-8-19)17-29-22-4-2-1-3-21(22)25-26-29/h1-8,20H,9-17H2. The molecule has 0 atom stereocenters. The molecule has 0 N–H and O–H groups in total. The summed E-state index contributed by atoms with van der Waals surface area (Å²) in [6, 6.07) is 15.6. The smallest absolute Gasteiger partial charge is 0.253 e. The number of amides is 2. The molecule has 0 saturated carbocycles. The molecule has 2 saturated heterocycles. The number of morpholine rings is 1. The number of nitrogens with zero attached hydrogens (tertiary/aromatic N) is 5. The maximum atomic E-state index is 13.0. The van der Waals surface area contributed by atoms with Gasteiger partial charge in [0, 0.05) is 37.7 Å². The van der Waals surface area contributed by atoms with Gasteiger partial charge in [-0.05, 0) is 42.7 Å². The van der Waals surface area contributed by atoms with E-state index in [2.05, 4.69) is 10.3 Å². The number of piperidine rings is 1. The Hall–Kier alpha value is -3.26. The van der Waals surface area contributed by atoms with Crippen molar-refractivity contribution in [2.24, 2.45) is 5.92 Å². The van der Waals surface area contributed by atoms with Gasteiger partial charge < -0.3 is 14.5 Å². The van der Waals surface area contributed by atoms with Gasteiger partial charge in [0.2, 0.25) is 5.91 Å². The molecule has 0 radical (unpaired) electrons. The fraction of sp³-hybridized carbons (Fsp3) is 0.417. The van der Waals surface area contributed by atoms with Crippen molar-refractivity contribution >= 4 is 22.8 Å². The molecule has 0 bridgehead atoms. The number of carbonyl (C=O) groups is 2. The number of aromatic nitrogens is 3. The van der Waals surface area contributed by atoms with Crippen LogP contribution in [0.2, 0.25) is 0 Å². The van der Waals surface area contributed by atoms with E-state index in [1.54, 1.807) is 0 Å². The Bertz CT molecular complexity index is 1100. The van der Waals surface area contributed by atoms with Crippen molar-refractivity contribution < 1.29 is 14.3 Å². The highest BCUT2D eigenvalue weighted by atomic mass is 16.5. The summed E-state index contributed by atoms with van der Waals surface area (Å²) in [5.41, 5.74) is 3.60. The number of hydrogen-bond donors (Lipinski definition) is 0. The Morgan fingerprint density at radius 2 is 1.62 bits per heavy atom. The number of ether oxygens (including phenoxy) is 1. The van der Waals surface area contributed by atoms with Crippen molar-refractivity contribution in [1.82, 2.24) is 24.8 Å². The first kappa shape index (κ1) is 20.6. The van der Waals surface area contributed by atoms with E-state index in [0.717, 1.165) is 29.4 Å². The second-order valence-electron chi connectivity index (χ2n) is 8.44. The lowest BCUT2D eigenvalue weighted by Gasteiger charge is -2.35. The van der Waals surface area contributed by atoms with Crippen LogP contribution in [-0.2, 0) is 16.1 Å². The largest absolute Gasteiger partial charge is 0.378 e. The number of para-hydroxylation sites is 1. The molecule has 2 fully saturated rings. The molecule has 3 heterocycles. The minimum atomic E-state index is 0.0111. The molecule has 8 heteroatoms. The molecule has 0 unspecified atom stereocenters. The highest BCUT2D eigenvalue weighted by Crippen LogP contribution is 2.22. The van der Waals surface area contributed by atoms with E-state index in [1.165, 1.54) is 0 Å². The summed E-state index contributed by atoms with van der Waals surface area (Å²) in [4.78, 5) is 29.4. The molecular formula is C24H27N5O3. The van der Waals surface area contributed by atoms with Crippen molar-refractivity contribution in [2.45, 2.75) is 19.4 Å². The summed E-state index contributed by atoms with van der Waals surface area (Å²) in [7, 11) is 0. The van der Waals surface area contributed by atoms with E-state index >= 15 is 0 Å². The SMILES string of the molecule is O=C(c1ccc(Cn2nnc3ccccc32)cc1)N1CCC(C(=O)N2CCOCC2)CC1. The summed E-state index contributed by atoms with van der Waals surface area (Å²) < 4.78 is 7.20. The van der Waals surface area contributed by atoms with Crippen molar-refractivity contribution in [3.63, 3.8) is 0 Å². The van der Waals surface area contributed by atoms with E-state index in [4.69, 9.17) is 4.74 Å². The second-order valence-corrected chi connectivity index (χ2v) is 8.44. The zero-order valence-corrected chi connectivity index (χ0v) is 18.0. The van der Waals surface area contributed by atoms with Crippen molar-refractivity contribution in [3.05, 3.63) is 59.7 Å². The number of likely N-dealkylation sites (tertiary alicyclic amines) is 1. The predicted octanol–water partition coefficient (Wildman–Crippen LogP) is 2.19. The minimum Gasteiger partial charge on any atom is -0.378 e. The van der Waals surface area contributed by atoms with Gasteiger partial charge in [0.1, 0.15) is 5.52 Å². The van der Waals surface area contributed by atoms with Crippen molar-refractivity contribution in [1.29, 1.82) is 0 Å². The molecular weight excluding hydrogens is 406 g/mol. The third-order valence-corrected chi connectivity index (χ3v) is 6.41. The molecule has 166 valence electrons. The van der Waals surface area contributed by atoms with Gasteiger partial charge in [-0.3, -0.25) is 9.59 Å². The van der Waals surface area contributed by atoms with Crippen LogP contribution in [-0.4, -0.2) is 76.0 Å². The van der Waals surface area contributed by atoms with Crippen molar-refractivity contribution in [3.8, 4) is 0 Å². The van der Waals surface area contributed by atoms with Gasteiger partial charge in [0.15, 0.2) is 0 Å². The highest BCUT2D eigenvalue weighted by molar-refractivity contribution is 5.94. The van der Waals surface area contributed by atoms with Gasteiger partial charge in [-0.1, -0.05) is 29.5 Å². The first-order chi connectivity index (χ1) is 15.7. The van der Waals surface area contributed by atoms with Crippen LogP contribution >= 0.6 is 0 Å². The molecule has 3 aromatic rings. The van der Waals surface area contributed by atoms with Crippen LogP contribution in [0.3, 0.4) is 0 Å². The van der Waals surface area contributed by atoms with Gasteiger partial charge in [-0.15, -0.1) is 5.10 Å². The molecule has 2 aromatic carbocycles. The van der Waals surface area contributed by atoms with Gasteiger partial charge >= 0.3 is 0 Å². The lowest BCUT2D eigenvalue weighted by molar-refractivity contribution is -0.141. The zero-order valence-electron chi connectivity index (χ0n) is 18.0. The Morgan fingerprint density at radius 3 is 2.38 bits per heavy atom. The predicted molar refractivity (Wildman–Crippen MR) is 119 cm³/mol. The average molecular weight is 434 g/mol. The molecule has 2 aliphatic heterocycles. The minimum absolute atomic E-state index is 0.0111. The van der Waals surface area contributed by atoms with Crippen LogP contribution < -0.4 is 0 Å². The topological polar surface area (TPSA) is 80.6 Å². The first-order valence-electron chi connectivity index (χ1n) is 11.2. The molecule has 2 amide bonds. The summed E-state index contributed by atoms with van der Waals surface area (Å²) >= 11 is 0.